The third kappa shape index (κ3) is 2.06. The average molecular weight is 269 g/mol. The lowest BCUT2D eigenvalue weighted by atomic mass is 9.64. The molecule has 0 aromatic heterocycles. The predicted molar refractivity (Wildman–Crippen MR) is 72.0 cm³/mol. The Hall–Kier alpha value is -1.26. The number of nitrogens with one attached hydrogen (secondary N) is 1. The van der Waals surface area contributed by atoms with E-state index in [-0.39, 0.29) is 17.1 Å². The van der Waals surface area contributed by atoms with Gasteiger partial charge in [-0.05, 0) is 25.0 Å². The summed E-state index contributed by atoms with van der Waals surface area (Å²) < 4.78 is 0. The third-order valence-corrected chi connectivity index (χ3v) is 3.98. The van der Waals surface area contributed by atoms with Crippen molar-refractivity contribution in [2.24, 2.45) is 5.73 Å². The fraction of sp³-hybridized carbons (Fsp3) is 0.462. The van der Waals surface area contributed by atoms with Crippen molar-refractivity contribution in [3.63, 3.8) is 0 Å². The van der Waals surface area contributed by atoms with Crippen LogP contribution >= 0.6 is 11.6 Å². The lowest BCUT2D eigenvalue weighted by Crippen LogP contribution is -2.42. The van der Waals surface area contributed by atoms with Gasteiger partial charge >= 0.3 is 0 Å². The van der Waals surface area contributed by atoms with Crippen LogP contribution in [0.1, 0.15) is 31.7 Å². The Morgan fingerprint density at radius 3 is 2.67 bits per heavy atom. The summed E-state index contributed by atoms with van der Waals surface area (Å²) >= 11 is 6.24. The van der Waals surface area contributed by atoms with E-state index < -0.39 is 0 Å². The number of anilines is 1. The van der Waals surface area contributed by atoms with E-state index in [9.17, 15) is 9.90 Å². The molecule has 1 aromatic carbocycles. The van der Waals surface area contributed by atoms with Gasteiger partial charge in [-0.2, -0.15) is 0 Å². The van der Waals surface area contributed by atoms with Crippen molar-refractivity contribution in [1.82, 2.24) is 0 Å². The standard InChI is InChI=1S/C13H17ClN2O2/c1-8(17)16-12-10(18)4-3-9(14)11(12)13(7-15)5-2-6-13/h3-4,18H,2,5-7,15H2,1H3,(H,16,17). The van der Waals surface area contributed by atoms with Crippen LogP contribution in [0.25, 0.3) is 0 Å². The number of phenols is 1. The summed E-state index contributed by atoms with van der Waals surface area (Å²) in [4.78, 5) is 11.3. The fourth-order valence-electron chi connectivity index (χ4n) is 2.55. The summed E-state index contributed by atoms with van der Waals surface area (Å²) in [6.07, 6.45) is 2.95. The number of nitrogens with two attached hydrogens (primary N) is 1. The number of amides is 1. The van der Waals surface area contributed by atoms with Gasteiger partial charge in [0, 0.05) is 29.5 Å². The first-order chi connectivity index (χ1) is 8.50. The summed E-state index contributed by atoms with van der Waals surface area (Å²) in [5, 5.41) is 13.1. The molecular formula is C13H17ClN2O2. The van der Waals surface area contributed by atoms with E-state index in [4.69, 9.17) is 17.3 Å². The molecule has 5 heteroatoms. The van der Waals surface area contributed by atoms with Crippen LogP contribution in [0.15, 0.2) is 12.1 Å². The van der Waals surface area contributed by atoms with E-state index in [2.05, 4.69) is 5.32 Å². The number of phenolic OH excluding ortho intramolecular Hbond substituents is 1. The molecule has 1 saturated carbocycles. The first-order valence-electron chi connectivity index (χ1n) is 6.00. The molecule has 18 heavy (non-hydrogen) atoms. The van der Waals surface area contributed by atoms with Gasteiger partial charge < -0.3 is 16.2 Å². The highest BCUT2D eigenvalue weighted by Gasteiger charge is 2.41. The molecule has 1 aliphatic carbocycles. The Balaban J connectivity index is 2.56. The normalized spacial score (nSPS) is 17.1. The van der Waals surface area contributed by atoms with E-state index in [0.717, 1.165) is 24.8 Å². The van der Waals surface area contributed by atoms with E-state index in [1.807, 2.05) is 0 Å². The van der Waals surface area contributed by atoms with Crippen molar-refractivity contribution in [3.05, 3.63) is 22.7 Å². The second-order valence-electron chi connectivity index (χ2n) is 4.84. The zero-order chi connectivity index (χ0) is 13.3. The van der Waals surface area contributed by atoms with Crippen LogP contribution in [0.2, 0.25) is 5.02 Å². The molecule has 1 aromatic rings. The highest BCUT2D eigenvalue weighted by atomic mass is 35.5. The van der Waals surface area contributed by atoms with Crippen molar-refractivity contribution in [1.29, 1.82) is 0 Å². The van der Waals surface area contributed by atoms with E-state index in [1.54, 1.807) is 6.07 Å². The van der Waals surface area contributed by atoms with E-state index in [1.165, 1.54) is 13.0 Å². The topological polar surface area (TPSA) is 75.3 Å². The molecule has 0 spiro atoms. The molecule has 0 unspecified atom stereocenters. The Kier molecular flexibility index (Phi) is 3.50. The van der Waals surface area contributed by atoms with Crippen LogP contribution in [0.5, 0.6) is 5.75 Å². The van der Waals surface area contributed by atoms with Crippen LogP contribution in [0.3, 0.4) is 0 Å². The second-order valence-corrected chi connectivity index (χ2v) is 5.24. The van der Waals surface area contributed by atoms with Gasteiger partial charge in [0.1, 0.15) is 5.75 Å². The molecular weight excluding hydrogens is 252 g/mol. The van der Waals surface area contributed by atoms with Crippen LogP contribution in [0.4, 0.5) is 5.69 Å². The molecule has 0 heterocycles. The highest BCUT2D eigenvalue weighted by Crippen LogP contribution is 2.50. The van der Waals surface area contributed by atoms with Gasteiger partial charge in [0.25, 0.3) is 0 Å². The highest BCUT2D eigenvalue weighted by molar-refractivity contribution is 6.32. The summed E-state index contributed by atoms with van der Waals surface area (Å²) in [5.41, 5.74) is 6.83. The average Bonchev–Trinajstić information content (AvgIpc) is 2.25. The van der Waals surface area contributed by atoms with Crippen molar-refractivity contribution in [3.8, 4) is 5.75 Å². The van der Waals surface area contributed by atoms with Gasteiger partial charge in [0.15, 0.2) is 0 Å². The van der Waals surface area contributed by atoms with E-state index >= 15 is 0 Å². The monoisotopic (exact) mass is 268 g/mol. The number of halogens is 1. The zero-order valence-electron chi connectivity index (χ0n) is 10.3. The zero-order valence-corrected chi connectivity index (χ0v) is 11.0. The van der Waals surface area contributed by atoms with Gasteiger partial charge in [0.05, 0.1) is 5.69 Å². The van der Waals surface area contributed by atoms with Gasteiger partial charge in [-0.25, -0.2) is 0 Å². The van der Waals surface area contributed by atoms with Gasteiger partial charge in [-0.1, -0.05) is 18.0 Å². The molecule has 0 radical (unpaired) electrons. The Morgan fingerprint density at radius 1 is 1.56 bits per heavy atom. The number of aromatic hydroxyl groups is 1. The van der Waals surface area contributed by atoms with Gasteiger partial charge in [0.2, 0.25) is 5.91 Å². The first kappa shape index (κ1) is 13.2. The first-order valence-corrected chi connectivity index (χ1v) is 6.37. The quantitative estimate of drug-likeness (QED) is 0.737. The maximum Gasteiger partial charge on any atom is 0.221 e. The summed E-state index contributed by atoms with van der Waals surface area (Å²) in [6.45, 7) is 1.86. The Morgan fingerprint density at radius 2 is 2.22 bits per heavy atom. The molecule has 0 atom stereocenters. The van der Waals surface area contributed by atoms with Crippen molar-refractivity contribution in [2.45, 2.75) is 31.6 Å². The molecule has 0 saturated heterocycles. The smallest absolute Gasteiger partial charge is 0.221 e. The lowest BCUT2D eigenvalue weighted by molar-refractivity contribution is -0.114. The van der Waals surface area contributed by atoms with Crippen molar-refractivity contribution >= 4 is 23.2 Å². The summed E-state index contributed by atoms with van der Waals surface area (Å²) in [6, 6.07) is 3.13. The minimum absolute atomic E-state index is 0.0318. The molecule has 0 bridgehead atoms. The van der Waals surface area contributed by atoms with Gasteiger partial charge in [-0.15, -0.1) is 0 Å². The number of carbonyl (C=O) groups excluding carboxylic acids is 1. The number of hydrogen-bond acceptors (Lipinski definition) is 3. The Bertz CT molecular complexity index is 479. The number of carbonyl (C=O) groups is 1. The van der Waals surface area contributed by atoms with Crippen molar-refractivity contribution in [2.75, 3.05) is 11.9 Å². The lowest BCUT2D eigenvalue weighted by Gasteiger charge is -2.43. The molecule has 0 aliphatic heterocycles. The predicted octanol–water partition coefficient (Wildman–Crippen LogP) is 2.38. The van der Waals surface area contributed by atoms with Crippen LogP contribution in [0, 0.1) is 0 Å². The molecule has 2 rings (SSSR count). The molecule has 4 nitrogen and oxygen atoms in total. The minimum Gasteiger partial charge on any atom is -0.506 e. The summed E-state index contributed by atoms with van der Waals surface area (Å²) in [7, 11) is 0. The number of benzene rings is 1. The SMILES string of the molecule is CC(=O)Nc1c(O)ccc(Cl)c1C1(CN)CCC1. The Labute approximate surface area is 111 Å². The van der Waals surface area contributed by atoms with Crippen LogP contribution < -0.4 is 11.1 Å². The summed E-state index contributed by atoms with van der Waals surface area (Å²) in [5.74, 6) is -0.204. The number of rotatable bonds is 3. The van der Waals surface area contributed by atoms with Crippen molar-refractivity contribution < 1.29 is 9.90 Å². The number of hydrogen-bond donors (Lipinski definition) is 3. The van der Waals surface area contributed by atoms with Gasteiger partial charge in [-0.3, -0.25) is 4.79 Å². The largest absolute Gasteiger partial charge is 0.506 e. The molecule has 1 aliphatic rings. The maximum absolute atomic E-state index is 11.3. The molecule has 4 N–H and O–H groups in total. The maximum atomic E-state index is 11.3. The molecule has 98 valence electrons. The fourth-order valence-corrected chi connectivity index (χ4v) is 2.90. The van der Waals surface area contributed by atoms with E-state index in [0.29, 0.717) is 17.3 Å². The second kappa shape index (κ2) is 4.78. The van der Waals surface area contributed by atoms with Crippen LogP contribution in [-0.2, 0) is 10.2 Å². The molecule has 1 fully saturated rings. The molecule has 1 amide bonds. The minimum atomic E-state index is -0.236. The third-order valence-electron chi connectivity index (χ3n) is 3.67. The van der Waals surface area contributed by atoms with Crippen LogP contribution in [-0.4, -0.2) is 17.6 Å².